The highest BCUT2D eigenvalue weighted by Gasteiger charge is 2.17. The van der Waals surface area contributed by atoms with Gasteiger partial charge in [-0.05, 0) is 31.7 Å². The Morgan fingerprint density at radius 2 is 1.85 bits per heavy atom. The Balaban J connectivity index is 2.46. The molecule has 20 heavy (non-hydrogen) atoms. The molecule has 1 heterocycles. The molecule has 0 radical (unpaired) electrons. The predicted octanol–water partition coefficient (Wildman–Crippen LogP) is 4.71. The van der Waals surface area contributed by atoms with Gasteiger partial charge in [0.1, 0.15) is 0 Å². The van der Waals surface area contributed by atoms with Crippen LogP contribution in [-0.2, 0) is 6.54 Å². The van der Waals surface area contributed by atoms with Crippen LogP contribution >= 0.6 is 0 Å². The van der Waals surface area contributed by atoms with Crippen LogP contribution in [0.5, 0.6) is 0 Å². The maximum Gasteiger partial charge on any atom is 0.162 e. The molecule has 0 fully saturated rings. The van der Waals surface area contributed by atoms with Crippen LogP contribution in [0.4, 0.5) is 0 Å². The van der Waals surface area contributed by atoms with Crippen molar-refractivity contribution in [2.24, 2.45) is 5.92 Å². The Morgan fingerprint density at radius 1 is 1.20 bits per heavy atom. The third-order valence-corrected chi connectivity index (χ3v) is 3.73. The number of carbonyl (C=O) groups is 1. The number of aryl methyl sites for hydroxylation is 1. The van der Waals surface area contributed by atoms with Gasteiger partial charge in [0.2, 0.25) is 0 Å². The molecule has 0 aliphatic heterocycles. The van der Waals surface area contributed by atoms with Gasteiger partial charge in [-0.15, -0.1) is 0 Å². The number of hydrogen-bond acceptors (Lipinski definition) is 1. The van der Waals surface area contributed by atoms with Crippen molar-refractivity contribution >= 4 is 5.78 Å². The van der Waals surface area contributed by atoms with Crippen molar-refractivity contribution in [3.05, 3.63) is 47.8 Å². The van der Waals surface area contributed by atoms with E-state index in [4.69, 9.17) is 0 Å². The molecular weight excluding hydrogens is 246 g/mol. The van der Waals surface area contributed by atoms with E-state index in [2.05, 4.69) is 36.7 Å². The molecule has 1 aromatic heterocycles. The molecule has 1 aromatic carbocycles. The maximum atomic E-state index is 12.0. The summed E-state index contributed by atoms with van der Waals surface area (Å²) in [5, 5.41) is 0. The maximum absolute atomic E-state index is 12.0. The lowest BCUT2D eigenvalue weighted by Crippen LogP contribution is -2.04. The highest BCUT2D eigenvalue weighted by Crippen LogP contribution is 2.28. The summed E-state index contributed by atoms with van der Waals surface area (Å²) >= 11 is 0. The van der Waals surface area contributed by atoms with Gasteiger partial charge >= 0.3 is 0 Å². The van der Waals surface area contributed by atoms with Crippen molar-refractivity contribution in [2.75, 3.05) is 0 Å². The average molecular weight is 269 g/mol. The molecule has 0 spiro atoms. The van der Waals surface area contributed by atoms with E-state index in [1.54, 1.807) is 6.92 Å². The molecular formula is C18H23NO. The highest BCUT2D eigenvalue weighted by molar-refractivity contribution is 6.02. The van der Waals surface area contributed by atoms with Crippen molar-refractivity contribution in [1.29, 1.82) is 0 Å². The zero-order chi connectivity index (χ0) is 14.7. The number of hydrogen-bond donors (Lipinski definition) is 0. The minimum absolute atomic E-state index is 0.143. The van der Waals surface area contributed by atoms with E-state index in [-0.39, 0.29) is 5.78 Å². The van der Waals surface area contributed by atoms with Crippen LogP contribution in [0.1, 0.15) is 43.2 Å². The van der Waals surface area contributed by atoms with Gasteiger partial charge in [0.15, 0.2) is 5.78 Å². The van der Waals surface area contributed by atoms with Crippen molar-refractivity contribution in [1.82, 2.24) is 4.57 Å². The summed E-state index contributed by atoms with van der Waals surface area (Å²) in [6, 6.07) is 10.2. The first-order valence-corrected chi connectivity index (χ1v) is 7.26. The Labute approximate surface area is 121 Å². The number of Topliss-reactive ketones (excluding diaryl/α,β-unsaturated/α-hetero) is 1. The third kappa shape index (κ3) is 3.01. The van der Waals surface area contributed by atoms with Gasteiger partial charge in [0, 0.05) is 29.6 Å². The van der Waals surface area contributed by atoms with Crippen LogP contribution in [0.25, 0.3) is 11.1 Å². The summed E-state index contributed by atoms with van der Waals surface area (Å²) < 4.78 is 2.22. The van der Waals surface area contributed by atoms with E-state index >= 15 is 0 Å². The summed E-state index contributed by atoms with van der Waals surface area (Å²) in [6.45, 7) is 9.12. The Bertz CT molecular complexity index is 593. The topological polar surface area (TPSA) is 22.0 Å². The molecule has 2 nitrogen and oxygen atoms in total. The highest BCUT2D eigenvalue weighted by atomic mass is 16.1. The molecule has 0 saturated heterocycles. The second kappa shape index (κ2) is 6.08. The first-order valence-electron chi connectivity index (χ1n) is 7.26. The quantitative estimate of drug-likeness (QED) is 0.720. The van der Waals surface area contributed by atoms with Crippen LogP contribution in [0, 0.1) is 12.8 Å². The van der Waals surface area contributed by atoms with Crippen molar-refractivity contribution in [3.8, 4) is 11.1 Å². The number of benzene rings is 1. The Kier molecular flexibility index (Phi) is 4.43. The second-order valence-corrected chi connectivity index (χ2v) is 5.80. The molecule has 0 aliphatic rings. The van der Waals surface area contributed by atoms with E-state index in [0.717, 1.165) is 35.3 Å². The van der Waals surface area contributed by atoms with Crippen LogP contribution in [0.3, 0.4) is 0 Å². The molecule has 2 heteroatoms. The molecule has 2 aromatic rings. The van der Waals surface area contributed by atoms with Crippen molar-refractivity contribution in [3.63, 3.8) is 0 Å². The summed E-state index contributed by atoms with van der Waals surface area (Å²) in [4.78, 5) is 12.0. The molecule has 0 saturated carbocycles. The number of aromatic nitrogens is 1. The van der Waals surface area contributed by atoms with Gasteiger partial charge in [-0.3, -0.25) is 4.79 Å². The molecule has 0 N–H and O–H groups in total. The Hall–Kier alpha value is -1.83. The molecule has 0 amide bonds. The molecule has 0 atom stereocenters. The monoisotopic (exact) mass is 269 g/mol. The fraction of sp³-hybridized carbons (Fsp3) is 0.389. The fourth-order valence-corrected chi connectivity index (χ4v) is 2.57. The predicted molar refractivity (Wildman–Crippen MR) is 84.1 cm³/mol. The lowest BCUT2D eigenvalue weighted by molar-refractivity contribution is 0.101. The molecule has 0 aliphatic carbocycles. The lowest BCUT2D eigenvalue weighted by Gasteiger charge is -2.08. The number of nitrogens with zero attached hydrogens (tertiary/aromatic N) is 1. The van der Waals surface area contributed by atoms with E-state index < -0.39 is 0 Å². The van der Waals surface area contributed by atoms with Crippen LogP contribution < -0.4 is 0 Å². The summed E-state index contributed by atoms with van der Waals surface area (Å²) in [5.74, 6) is 0.808. The van der Waals surface area contributed by atoms with Crippen LogP contribution in [0.15, 0.2) is 36.5 Å². The zero-order valence-corrected chi connectivity index (χ0v) is 12.8. The first-order chi connectivity index (χ1) is 9.50. The fourth-order valence-electron chi connectivity index (χ4n) is 2.57. The van der Waals surface area contributed by atoms with E-state index in [1.807, 2.05) is 25.1 Å². The number of rotatable bonds is 5. The van der Waals surface area contributed by atoms with Gasteiger partial charge in [-0.1, -0.05) is 44.2 Å². The van der Waals surface area contributed by atoms with E-state index in [0.29, 0.717) is 5.92 Å². The number of ketones is 1. The van der Waals surface area contributed by atoms with Crippen molar-refractivity contribution in [2.45, 2.75) is 40.7 Å². The largest absolute Gasteiger partial charge is 0.350 e. The average Bonchev–Trinajstić information content (AvgIpc) is 2.74. The summed E-state index contributed by atoms with van der Waals surface area (Å²) in [7, 11) is 0. The van der Waals surface area contributed by atoms with Gasteiger partial charge in [-0.25, -0.2) is 0 Å². The Morgan fingerprint density at radius 3 is 2.40 bits per heavy atom. The lowest BCUT2D eigenvalue weighted by atomic mass is 10.0. The minimum Gasteiger partial charge on any atom is -0.350 e. The standard InChI is InChI=1S/C18H23NO/c1-13(2)10-11-19-12-17(16-8-6-5-7-9-16)18(14(19)3)15(4)20/h5-9,12-13H,10-11H2,1-4H3. The minimum atomic E-state index is 0.143. The normalized spacial score (nSPS) is 11.1. The third-order valence-electron chi connectivity index (χ3n) is 3.73. The molecule has 0 unspecified atom stereocenters. The molecule has 106 valence electrons. The smallest absolute Gasteiger partial charge is 0.162 e. The van der Waals surface area contributed by atoms with E-state index in [1.165, 1.54) is 0 Å². The number of carbonyl (C=O) groups excluding carboxylic acids is 1. The van der Waals surface area contributed by atoms with Gasteiger partial charge in [-0.2, -0.15) is 0 Å². The summed E-state index contributed by atoms with van der Waals surface area (Å²) in [6.07, 6.45) is 3.25. The molecule has 0 bridgehead atoms. The zero-order valence-electron chi connectivity index (χ0n) is 12.8. The molecule has 2 rings (SSSR count). The van der Waals surface area contributed by atoms with Gasteiger partial charge in [0.25, 0.3) is 0 Å². The van der Waals surface area contributed by atoms with Crippen molar-refractivity contribution < 1.29 is 4.79 Å². The van der Waals surface area contributed by atoms with E-state index in [9.17, 15) is 4.79 Å². The van der Waals surface area contributed by atoms with Gasteiger partial charge in [0.05, 0.1) is 0 Å². The van der Waals surface area contributed by atoms with Crippen LogP contribution in [0.2, 0.25) is 0 Å². The van der Waals surface area contributed by atoms with Gasteiger partial charge < -0.3 is 4.57 Å². The first kappa shape index (κ1) is 14.6. The second-order valence-electron chi connectivity index (χ2n) is 5.80. The SMILES string of the molecule is CC(=O)c1c(-c2ccccc2)cn(CCC(C)C)c1C. The summed E-state index contributed by atoms with van der Waals surface area (Å²) in [5.41, 5.74) is 4.11. The van der Waals surface area contributed by atoms with Crippen LogP contribution in [-0.4, -0.2) is 10.4 Å².